The molecule has 86 valence electrons. The fraction of sp³-hybridized carbons (Fsp3) is 0.500. The molecule has 0 spiro atoms. The van der Waals surface area contributed by atoms with Crippen molar-refractivity contribution in [2.24, 2.45) is 5.73 Å². The maximum Gasteiger partial charge on any atom is 0.162 e. The minimum Gasteiger partial charge on any atom is -0.490 e. The molecule has 1 aliphatic carbocycles. The number of halogens is 1. The van der Waals surface area contributed by atoms with Crippen LogP contribution < -0.4 is 15.2 Å². The van der Waals surface area contributed by atoms with Crippen LogP contribution in [0.15, 0.2) is 12.1 Å². The molecule has 1 aromatic carbocycles. The molecule has 3 nitrogen and oxygen atoms in total. The van der Waals surface area contributed by atoms with E-state index in [0.717, 1.165) is 36.3 Å². The van der Waals surface area contributed by atoms with Crippen molar-refractivity contribution in [2.45, 2.75) is 24.8 Å². The Kier molecular flexibility index (Phi) is 2.26. The molecule has 0 saturated heterocycles. The summed E-state index contributed by atoms with van der Waals surface area (Å²) in [6.45, 7) is 1.36. The summed E-state index contributed by atoms with van der Waals surface area (Å²) in [6.07, 6.45) is 2.88. The van der Waals surface area contributed by atoms with Crippen LogP contribution in [-0.2, 0) is 5.54 Å². The maximum atomic E-state index is 6.22. The molecular formula is C12H14ClNO2. The van der Waals surface area contributed by atoms with E-state index in [1.165, 1.54) is 0 Å². The zero-order valence-corrected chi connectivity index (χ0v) is 9.72. The predicted molar refractivity (Wildman–Crippen MR) is 62.2 cm³/mol. The third-order valence-electron chi connectivity index (χ3n) is 3.16. The van der Waals surface area contributed by atoms with Crippen LogP contribution in [-0.4, -0.2) is 13.2 Å². The molecule has 0 aromatic heterocycles. The van der Waals surface area contributed by atoms with E-state index in [1.54, 1.807) is 0 Å². The number of nitrogens with two attached hydrogens (primary N) is 1. The van der Waals surface area contributed by atoms with E-state index in [9.17, 15) is 0 Å². The molecule has 0 amide bonds. The second-order valence-corrected chi connectivity index (χ2v) is 4.89. The summed E-state index contributed by atoms with van der Waals surface area (Å²) < 4.78 is 11.2. The third kappa shape index (κ3) is 1.64. The van der Waals surface area contributed by atoms with Gasteiger partial charge in [0.25, 0.3) is 0 Å². The predicted octanol–water partition coefficient (Wildman–Crippen LogP) is 2.45. The van der Waals surface area contributed by atoms with Crippen LogP contribution in [0, 0.1) is 0 Å². The van der Waals surface area contributed by atoms with E-state index in [-0.39, 0.29) is 5.54 Å². The molecule has 4 heteroatoms. The number of fused-ring (bicyclic) bond motifs is 1. The Morgan fingerprint density at radius 3 is 2.38 bits per heavy atom. The zero-order chi connectivity index (χ0) is 11.2. The first-order chi connectivity index (χ1) is 7.69. The fourth-order valence-corrected chi connectivity index (χ4v) is 2.31. The standard InChI is InChI=1S/C12H14ClNO2/c13-9-7-11-10(15-4-1-5-16-11)6-8(9)12(14)2-3-12/h6-7H,1-5,14H2. The van der Waals surface area contributed by atoms with Crippen molar-refractivity contribution >= 4 is 11.6 Å². The van der Waals surface area contributed by atoms with Gasteiger partial charge in [-0.15, -0.1) is 0 Å². The van der Waals surface area contributed by atoms with Gasteiger partial charge < -0.3 is 15.2 Å². The highest BCUT2D eigenvalue weighted by atomic mass is 35.5. The van der Waals surface area contributed by atoms with Gasteiger partial charge >= 0.3 is 0 Å². The van der Waals surface area contributed by atoms with Gasteiger partial charge in [0, 0.05) is 23.0 Å². The summed E-state index contributed by atoms with van der Waals surface area (Å²) >= 11 is 6.22. The molecular weight excluding hydrogens is 226 g/mol. The largest absolute Gasteiger partial charge is 0.490 e. The Labute approximate surface area is 99.5 Å². The summed E-state index contributed by atoms with van der Waals surface area (Å²) in [5, 5.41) is 0.684. The summed E-state index contributed by atoms with van der Waals surface area (Å²) in [6, 6.07) is 3.76. The topological polar surface area (TPSA) is 44.5 Å². The lowest BCUT2D eigenvalue weighted by atomic mass is 10.1. The molecule has 0 bridgehead atoms. The van der Waals surface area contributed by atoms with Crippen molar-refractivity contribution in [3.8, 4) is 11.5 Å². The number of hydrogen-bond acceptors (Lipinski definition) is 3. The minimum absolute atomic E-state index is 0.234. The Morgan fingerprint density at radius 1 is 1.12 bits per heavy atom. The van der Waals surface area contributed by atoms with E-state index in [0.29, 0.717) is 18.2 Å². The quantitative estimate of drug-likeness (QED) is 0.819. The van der Waals surface area contributed by atoms with Gasteiger partial charge in [0.15, 0.2) is 11.5 Å². The molecule has 16 heavy (non-hydrogen) atoms. The average Bonchev–Trinajstić information content (AvgIpc) is 3.01. The van der Waals surface area contributed by atoms with Crippen LogP contribution in [0.4, 0.5) is 0 Å². The highest BCUT2D eigenvalue weighted by Crippen LogP contribution is 2.48. The van der Waals surface area contributed by atoms with Crippen LogP contribution in [0.25, 0.3) is 0 Å². The van der Waals surface area contributed by atoms with E-state index in [1.807, 2.05) is 12.1 Å². The molecule has 0 atom stereocenters. The van der Waals surface area contributed by atoms with Crippen molar-refractivity contribution in [1.82, 2.24) is 0 Å². The monoisotopic (exact) mass is 239 g/mol. The van der Waals surface area contributed by atoms with Crippen LogP contribution in [0.5, 0.6) is 11.5 Å². The molecule has 1 aromatic rings. The van der Waals surface area contributed by atoms with Gasteiger partial charge in [-0.2, -0.15) is 0 Å². The first kappa shape index (κ1) is 10.2. The van der Waals surface area contributed by atoms with E-state index >= 15 is 0 Å². The van der Waals surface area contributed by atoms with Gasteiger partial charge in [-0.25, -0.2) is 0 Å². The van der Waals surface area contributed by atoms with Crippen molar-refractivity contribution in [1.29, 1.82) is 0 Å². The fourth-order valence-electron chi connectivity index (χ4n) is 1.97. The Morgan fingerprint density at radius 2 is 1.75 bits per heavy atom. The van der Waals surface area contributed by atoms with E-state index in [4.69, 9.17) is 26.8 Å². The summed E-state index contributed by atoms with van der Waals surface area (Å²) in [7, 11) is 0. The van der Waals surface area contributed by atoms with Crippen LogP contribution in [0.3, 0.4) is 0 Å². The van der Waals surface area contributed by atoms with Crippen molar-refractivity contribution in [3.05, 3.63) is 22.7 Å². The molecule has 1 aliphatic heterocycles. The van der Waals surface area contributed by atoms with Gasteiger partial charge in [0.2, 0.25) is 0 Å². The second kappa shape index (κ2) is 3.54. The Bertz CT molecular complexity index is 429. The molecule has 0 radical (unpaired) electrons. The molecule has 3 rings (SSSR count). The van der Waals surface area contributed by atoms with Crippen LogP contribution in [0.2, 0.25) is 5.02 Å². The van der Waals surface area contributed by atoms with Gasteiger partial charge in [-0.05, 0) is 24.5 Å². The Balaban J connectivity index is 2.05. The lowest BCUT2D eigenvalue weighted by Gasteiger charge is -2.15. The molecule has 1 heterocycles. The van der Waals surface area contributed by atoms with E-state index < -0.39 is 0 Å². The van der Waals surface area contributed by atoms with Gasteiger partial charge in [0.1, 0.15) is 0 Å². The molecule has 1 fully saturated rings. The van der Waals surface area contributed by atoms with Crippen molar-refractivity contribution < 1.29 is 9.47 Å². The number of hydrogen-bond donors (Lipinski definition) is 1. The lowest BCUT2D eigenvalue weighted by molar-refractivity contribution is 0.297. The van der Waals surface area contributed by atoms with Crippen LogP contribution in [0.1, 0.15) is 24.8 Å². The van der Waals surface area contributed by atoms with E-state index in [2.05, 4.69) is 0 Å². The SMILES string of the molecule is NC1(c2cc3c(cc2Cl)OCCCO3)CC1. The molecule has 2 aliphatic rings. The zero-order valence-electron chi connectivity index (χ0n) is 8.96. The normalized spacial score (nSPS) is 21.4. The molecule has 1 saturated carbocycles. The second-order valence-electron chi connectivity index (χ2n) is 4.49. The molecule has 2 N–H and O–H groups in total. The number of rotatable bonds is 1. The summed E-state index contributed by atoms with van der Waals surface area (Å²) in [4.78, 5) is 0. The molecule has 0 unspecified atom stereocenters. The third-order valence-corrected chi connectivity index (χ3v) is 3.47. The summed E-state index contributed by atoms with van der Waals surface area (Å²) in [5.74, 6) is 1.50. The Hall–Kier alpha value is -0.930. The minimum atomic E-state index is -0.234. The van der Waals surface area contributed by atoms with Gasteiger partial charge in [-0.1, -0.05) is 11.6 Å². The average molecular weight is 240 g/mol. The first-order valence-corrected chi connectivity index (χ1v) is 5.95. The highest BCUT2D eigenvalue weighted by molar-refractivity contribution is 6.31. The maximum absolute atomic E-state index is 6.22. The highest BCUT2D eigenvalue weighted by Gasteiger charge is 2.42. The summed E-state index contributed by atoms with van der Waals surface area (Å²) in [5.41, 5.74) is 6.91. The van der Waals surface area contributed by atoms with Crippen molar-refractivity contribution in [2.75, 3.05) is 13.2 Å². The number of benzene rings is 1. The first-order valence-electron chi connectivity index (χ1n) is 5.58. The van der Waals surface area contributed by atoms with Gasteiger partial charge in [-0.3, -0.25) is 0 Å². The van der Waals surface area contributed by atoms with Crippen molar-refractivity contribution in [3.63, 3.8) is 0 Å². The van der Waals surface area contributed by atoms with Gasteiger partial charge in [0.05, 0.1) is 13.2 Å². The lowest BCUT2D eigenvalue weighted by Crippen LogP contribution is -2.19. The number of ether oxygens (including phenoxy) is 2. The van der Waals surface area contributed by atoms with Crippen LogP contribution >= 0.6 is 11.6 Å². The smallest absolute Gasteiger partial charge is 0.162 e.